The first-order valence-electron chi connectivity index (χ1n) is 11.6. The second-order valence-corrected chi connectivity index (χ2v) is 8.63. The third-order valence-corrected chi connectivity index (χ3v) is 6.56. The maximum atomic E-state index is 5.52. The molecule has 0 saturated carbocycles. The van der Waals surface area contributed by atoms with Crippen LogP contribution in [0.25, 0.3) is 16.8 Å². The number of piperazine rings is 1. The Kier molecular flexibility index (Phi) is 5.54. The van der Waals surface area contributed by atoms with Crippen molar-refractivity contribution >= 4 is 11.3 Å². The first-order chi connectivity index (χ1) is 17.2. The summed E-state index contributed by atoms with van der Waals surface area (Å²) in [5.41, 5.74) is 4.05. The highest BCUT2D eigenvalue weighted by Gasteiger charge is 2.22. The summed E-state index contributed by atoms with van der Waals surface area (Å²) < 4.78 is 23.7. The van der Waals surface area contributed by atoms with Gasteiger partial charge in [0.1, 0.15) is 5.52 Å². The van der Waals surface area contributed by atoms with Crippen LogP contribution in [0.3, 0.4) is 0 Å². The quantitative estimate of drug-likeness (QED) is 0.422. The first-order valence-corrected chi connectivity index (χ1v) is 11.6. The largest absolute Gasteiger partial charge is 0.493 e. The molecule has 4 aromatic rings. The molecule has 0 atom stereocenters. The molecule has 2 aliphatic heterocycles. The van der Waals surface area contributed by atoms with Gasteiger partial charge in [-0.25, -0.2) is 9.50 Å². The molecule has 0 aliphatic carbocycles. The molecule has 0 spiro atoms. The molecule has 0 radical (unpaired) electrons. The molecular weight excluding hydrogens is 446 g/mol. The van der Waals surface area contributed by atoms with Crippen LogP contribution in [-0.4, -0.2) is 66.7 Å². The molecule has 0 unspecified atom stereocenters. The molecular formula is C26H27N5O4. The zero-order valence-electron chi connectivity index (χ0n) is 19.8. The molecule has 4 heterocycles. The highest BCUT2D eigenvalue weighted by molar-refractivity contribution is 5.76. The maximum absolute atomic E-state index is 5.52. The van der Waals surface area contributed by atoms with Crippen LogP contribution in [0.15, 0.2) is 54.9 Å². The fraction of sp³-hybridized carbons (Fsp3) is 0.308. The highest BCUT2D eigenvalue weighted by Crippen LogP contribution is 2.34. The van der Waals surface area contributed by atoms with Gasteiger partial charge in [-0.2, -0.15) is 5.10 Å². The van der Waals surface area contributed by atoms with Gasteiger partial charge in [0.25, 0.3) is 0 Å². The van der Waals surface area contributed by atoms with Gasteiger partial charge in [-0.3, -0.25) is 4.90 Å². The van der Waals surface area contributed by atoms with Crippen molar-refractivity contribution in [3.63, 3.8) is 0 Å². The minimum Gasteiger partial charge on any atom is -0.493 e. The SMILES string of the molecule is COc1ccc(-c2cc3c(N4CCN(Cc5ccc6c(c5)OCO6)CC4)nccn3n2)cc1OC. The number of methoxy groups -OCH3 is 2. The maximum Gasteiger partial charge on any atom is 0.231 e. The van der Waals surface area contributed by atoms with Gasteiger partial charge in [-0.15, -0.1) is 0 Å². The minimum atomic E-state index is 0.304. The first kappa shape index (κ1) is 21.5. The number of rotatable bonds is 6. The van der Waals surface area contributed by atoms with E-state index in [2.05, 4.69) is 28.0 Å². The average molecular weight is 474 g/mol. The van der Waals surface area contributed by atoms with Gasteiger partial charge in [-0.1, -0.05) is 6.07 Å². The number of aromatic nitrogens is 3. The molecule has 2 aromatic carbocycles. The van der Waals surface area contributed by atoms with Crippen LogP contribution < -0.4 is 23.8 Å². The van der Waals surface area contributed by atoms with Gasteiger partial charge in [0, 0.05) is 50.7 Å². The van der Waals surface area contributed by atoms with Crippen LogP contribution in [0.4, 0.5) is 5.82 Å². The monoisotopic (exact) mass is 473 g/mol. The normalized spacial score (nSPS) is 15.5. The Hall–Kier alpha value is -3.98. The van der Waals surface area contributed by atoms with Gasteiger partial charge >= 0.3 is 0 Å². The average Bonchev–Trinajstić information content (AvgIpc) is 3.55. The van der Waals surface area contributed by atoms with Gasteiger partial charge in [-0.05, 0) is 42.0 Å². The summed E-state index contributed by atoms with van der Waals surface area (Å²) in [6.45, 7) is 4.89. The van der Waals surface area contributed by atoms with E-state index in [0.29, 0.717) is 18.3 Å². The Bertz CT molecular complexity index is 1360. The lowest BCUT2D eigenvalue weighted by molar-refractivity contribution is 0.174. The molecule has 0 amide bonds. The van der Waals surface area contributed by atoms with Gasteiger partial charge in [0.2, 0.25) is 6.79 Å². The summed E-state index contributed by atoms with van der Waals surface area (Å²) >= 11 is 0. The number of hydrogen-bond donors (Lipinski definition) is 0. The molecule has 35 heavy (non-hydrogen) atoms. The zero-order valence-corrected chi connectivity index (χ0v) is 19.8. The lowest BCUT2D eigenvalue weighted by Gasteiger charge is -2.35. The van der Waals surface area contributed by atoms with Crippen molar-refractivity contribution in [2.45, 2.75) is 6.54 Å². The molecule has 1 fully saturated rings. The lowest BCUT2D eigenvalue weighted by atomic mass is 10.1. The third-order valence-electron chi connectivity index (χ3n) is 6.56. The van der Waals surface area contributed by atoms with Crippen LogP contribution in [0, 0.1) is 0 Å². The second-order valence-electron chi connectivity index (χ2n) is 8.63. The van der Waals surface area contributed by atoms with Gasteiger partial charge in [0.05, 0.1) is 19.9 Å². The summed E-state index contributed by atoms with van der Waals surface area (Å²) in [4.78, 5) is 9.52. The summed E-state index contributed by atoms with van der Waals surface area (Å²) in [6, 6.07) is 14.1. The van der Waals surface area contributed by atoms with E-state index in [1.807, 2.05) is 41.2 Å². The number of nitrogens with zero attached hydrogens (tertiary/aromatic N) is 5. The minimum absolute atomic E-state index is 0.304. The summed E-state index contributed by atoms with van der Waals surface area (Å²) in [7, 11) is 3.27. The Labute approximate surface area is 203 Å². The van der Waals surface area contributed by atoms with Crippen molar-refractivity contribution in [1.29, 1.82) is 0 Å². The fourth-order valence-corrected chi connectivity index (χ4v) is 4.70. The third kappa shape index (κ3) is 4.08. The van der Waals surface area contributed by atoms with Crippen LogP contribution in [0.2, 0.25) is 0 Å². The molecule has 0 bridgehead atoms. The summed E-state index contributed by atoms with van der Waals surface area (Å²) in [5.74, 6) is 3.99. The number of hydrogen-bond acceptors (Lipinski definition) is 8. The Morgan fingerprint density at radius 3 is 2.54 bits per heavy atom. The molecule has 9 heteroatoms. The molecule has 1 saturated heterocycles. The molecule has 2 aromatic heterocycles. The van der Waals surface area contributed by atoms with Crippen molar-refractivity contribution in [3.8, 4) is 34.3 Å². The molecule has 2 aliphatic rings. The van der Waals surface area contributed by atoms with E-state index in [9.17, 15) is 0 Å². The van der Waals surface area contributed by atoms with Crippen LogP contribution >= 0.6 is 0 Å². The highest BCUT2D eigenvalue weighted by atomic mass is 16.7. The van der Waals surface area contributed by atoms with Crippen LogP contribution in [-0.2, 0) is 6.54 Å². The second kappa shape index (κ2) is 8.99. The molecule has 6 rings (SSSR count). The van der Waals surface area contributed by atoms with E-state index in [-0.39, 0.29) is 0 Å². The Morgan fingerprint density at radius 2 is 1.71 bits per heavy atom. The van der Waals surface area contributed by atoms with Crippen molar-refractivity contribution in [2.24, 2.45) is 0 Å². The standard InChI is InChI=1S/C26H27N5O4/c1-32-22-6-4-19(14-24(22)33-2)20-15-21-26(27-7-8-31(21)28-20)30-11-9-29(10-12-30)16-18-3-5-23-25(13-18)35-17-34-23/h3-8,13-15H,9-12,16-17H2,1-2H3. The zero-order chi connectivity index (χ0) is 23.8. The predicted molar refractivity (Wildman–Crippen MR) is 132 cm³/mol. The lowest BCUT2D eigenvalue weighted by Crippen LogP contribution is -2.46. The number of fused-ring (bicyclic) bond motifs is 2. The molecule has 9 nitrogen and oxygen atoms in total. The van der Waals surface area contributed by atoms with Crippen LogP contribution in [0.5, 0.6) is 23.0 Å². The smallest absolute Gasteiger partial charge is 0.231 e. The van der Waals surface area contributed by atoms with Crippen molar-refractivity contribution in [3.05, 3.63) is 60.4 Å². The van der Waals surface area contributed by atoms with Crippen LogP contribution in [0.1, 0.15) is 5.56 Å². The fourth-order valence-electron chi connectivity index (χ4n) is 4.70. The number of anilines is 1. The number of benzene rings is 2. The van der Waals surface area contributed by atoms with Crippen molar-refractivity contribution < 1.29 is 18.9 Å². The summed E-state index contributed by atoms with van der Waals surface area (Å²) in [5, 5.41) is 4.79. The van der Waals surface area contributed by atoms with E-state index < -0.39 is 0 Å². The van der Waals surface area contributed by atoms with E-state index in [4.69, 9.17) is 29.0 Å². The van der Waals surface area contributed by atoms with E-state index >= 15 is 0 Å². The van der Waals surface area contributed by atoms with E-state index in [1.165, 1.54) is 5.56 Å². The van der Waals surface area contributed by atoms with Crippen molar-refractivity contribution in [1.82, 2.24) is 19.5 Å². The number of ether oxygens (including phenoxy) is 4. The van der Waals surface area contributed by atoms with Gasteiger partial charge in [0.15, 0.2) is 28.8 Å². The van der Waals surface area contributed by atoms with E-state index in [0.717, 1.165) is 66.8 Å². The van der Waals surface area contributed by atoms with E-state index in [1.54, 1.807) is 14.2 Å². The predicted octanol–water partition coefficient (Wildman–Crippen LogP) is 3.46. The summed E-state index contributed by atoms with van der Waals surface area (Å²) in [6.07, 6.45) is 3.70. The topological polar surface area (TPSA) is 73.6 Å². The Morgan fingerprint density at radius 1 is 0.886 bits per heavy atom. The Balaban J connectivity index is 1.19. The molecule has 180 valence electrons. The van der Waals surface area contributed by atoms with Gasteiger partial charge < -0.3 is 23.8 Å². The van der Waals surface area contributed by atoms with Crippen molar-refractivity contribution in [2.75, 3.05) is 52.1 Å². The molecule has 0 N–H and O–H groups in total.